The SMILES string of the molecule is COc1nccc(OC2CC2)c1-c1cn(COCC[Si](C)(C)C)c2nc(NC(=O)C3CC3CO)ccc12. The standard InChI is InChI=1S/C27H36N4O5Si/c1-34-27-24(22(9-10-28-27)36-18-5-6-18)21-14-31(16-35-11-12-37(2,3)4)25-19(21)7-8-23(29-25)30-26(33)20-13-17(20)15-32/h7-10,14,17-18,20,32H,5-6,11-13,15-16H2,1-4H3,(H,29,30,33). The highest BCUT2D eigenvalue weighted by Gasteiger charge is 2.42. The molecular weight excluding hydrogens is 488 g/mol. The van der Waals surface area contributed by atoms with Crippen molar-refractivity contribution in [1.29, 1.82) is 0 Å². The number of amides is 1. The average Bonchev–Trinajstić information content (AvgIpc) is 3.79. The van der Waals surface area contributed by atoms with Crippen molar-refractivity contribution in [2.45, 2.75) is 57.8 Å². The molecule has 0 bridgehead atoms. The smallest absolute Gasteiger partial charge is 0.229 e. The van der Waals surface area contributed by atoms with Gasteiger partial charge in [0.15, 0.2) is 0 Å². The Balaban J connectivity index is 1.50. The molecule has 2 fully saturated rings. The summed E-state index contributed by atoms with van der Waals surface area (Å²) < 4.78 is 19.9. The zero-order valence-corrected chi connectivity index (χ0v) is 23.0. The van der Waals surface area contributed by atoms with E-state index < -0.39 is 8.07 Å². The lowest BCUT2D eigenvalue weighted by atomic mass is 10.1. The molecule has 2 N–H and O–H groups in total. The second-order valence-corrected chi connectivity index (χ2v) is 16.8. The van der Waals surface area contributed by atoms with Crippen molar-refractivity contribution in [3.8, 4) is 22.8 Å². The molecule has 37 heavy (non-hydrogen) atoms. The van der Waals surface area contributed by atoms with Gasteiger partial charge in [-0.25, -0.2) is 9.97 Å². The lowest BCUT2D eigenvalue weighted by molar-refractivity contribution is -0.117. The molecule has 2 aliphatic rings. The van der Waals surface area contributed by atoms with E-state index in [0.717, 1.165) is 41.1 Å². The van der Waals surface area contributed by atoms with Crippen molar-refractivity contribution in [2.75, 3.05) is 25.6 Å². The summed E-state index contributed by atoms with van der Waals surface area (Å²) in [4.78, 5) is 21.8. The molecule has 2 unspecified atom stereocenters. The van der Waals surface area contributed by atoms with Crippen molar-refractivity contribution < 1.29 is 24.1 Å². The van der Waals surface area contributed by atoms with Crippen molar-refractivity contribution in [2.24, 2.45) is 11.8 Å². The highest BCUT2D eigenvalue weighted by atomic mass is 28.3. The highest BCUT2D eigenvalue weighted by Crippen LogP contribution is 2.43. The molecule has 0 aromatic carbocycles. The van der Waals surface area contributed by atoms with E-state index in [1.807, 2.05) is 22.9 Å². The monoisotopic (exact) mass is 524 g/mol. The maximum absolute atomic E-state index is 12.6. The molecule has 3 aromatic heterocycles. The van der Waals surface area contributed by atoms with Crippen LogP contribution in [0, 0.1) is 11.8 Å². The predicted octanol–water partition coefficient (Wildman–Crippen LogP) is 4.53. The minimum atomic E-state index is -1.22. The number of methoxy groups -OCH3 is 1. The maximum Gasteiger partial charge on any atom is 0.229 e. The fraction of sp³-hybridized carbons (Fsp3) is 0.519. The Labute approximate surface area is 218 Å². The van der Waals surface area contributed by atoms with Gasteiger partial charge in [-0.3, -0.25) is 4.79 Å². The van der Waals surface area contributed by atoms with Gasteiger partial charge in [-0.1, -0.05) is 19.6 Å². The maximum atomic E-state index is 12.6. The van der Waals surface area contributed by atoms with Gasteiger partial charge < -0.3 is 29.2 Å². The van der Waals surface area contributed by atoms with Gasteiger partial charge in [-0.15, -0.1) is 0 Å². The van der Waals surface area contributed by atoms with Crippen LogP contribution in [0.15, 0.2) is 30.6 Å². The van der Waals surface area contributed by atoms with Gasteiger partial charge in [0.25, 0.3) is 0 Å². The summed E-state index contributed by atoms with van der Waals surface area (Å²) in [5, 5.41) is 13.1. The Bertz CT molecular complexity index is 1280. The van der Waals surface area contributed by atoms with Crippen LogP contribution >= 0.6 is 0 Å². The largest absolute Gasteiger partial charge is 0.490 e. The van der Waals surface area contributed by atoms with Crippen LogP contribution in [0.25, 0.3) is 22.2 Å². The first-order valence-corrected chi connectivity index (χ1v) is 16.7. The Kier molecular flexibility index (Phi) is 7.24. The number of fused-ring (bicyclic) bond motifs is 1. The number of carbonyl (C=O) groups is 1. The van der Waals surface area contributed by atoms with Crippen LogP contribution < -0.4 is 14.8 Å². The first-order chi connectivity index (χ1) is 17.8. The molecule has 2 atom stereocenters. The van der Waals surface area contributed by atoms with Gasteiger partial charge in [0.2, 0.25) is 11.8 Å². The van der Waals surface area contributed by atoms with Gasteiger partial charge in [0.05, 0.1) is 18.8 Å². The quantitative estimate of drug-likeness (QED) is 0.265. The summed E-state index contributed by atoms with van der Waals surface area (Å²) >= 11 is 0. The fourth-order valence-electron chi connectivity index (χ4n) is 4.35. The van der Waals surface area contributed by atoms with Gasteiger partial charge in [-0.2, -0.15) is 0 Å². The Morgan fingerprint density at radius 3 is 2.73 bits per heavy atom. The number of rotatable bonds is 12. The number of nitrogens with zero attached hydrogens (tertiary/aromatic N) is 3. The van der Waals surface area contributed by atoms with Crippen molar-refractivity contribution in [1.82, 2.24) is 14.5 Å². The van der Waals surface area contributed by atoms with E-state index in [9.17, 15) is 9.90 Å². The number of aromatic nitrogens is 3. The molecule has 0 radical (unpaired) electrons. The number of hydrogen-bond donors (Lipinski definition) is 2. The molecule has 0 spiro atoms. The molecule has 3 aromatic rings. The minimum Gasteiger partial charge on any atom is -0.490 e. The second-order valence-electron chi connectivity index (χ2n) is 11.2. The molecule has 3 heterocycles. The van der Waals surface area contributed by atoms with Crippen LogP contribution in [-0.4, -0.2) is 60.1 Å². The van der Waals surface area contributed by atoms with E-state index in [1.54, 1.807) is 19.4 Å². The first kappa shape index (κ1) is 25.7. The topological polar surface area (TPSA) is 108 Å². The van der Waals surface area contributed by atoms with Crippen LogP contribution in [0.4, 0.5) is 5.82 Å². The highest BCUT2D eigenvalue weighted by molar-refractivity contribution is 6.76. The number of carbonyl (C=O) groups excluding carboxylic acids is 1. The molecule has 0 saturated heterocycles. The molecule has 2 aliphatic carbocycles. The Hall–Kier alpha value is -2.95. The molecule has 10 heteroatoms. The Morgan fingerprint density at radius 1 is 1.24 bits per heavy atom. The van der Waals surface area contributed by atoms with Crippen LogP contribution in [0.3, 0.4) is 0 Å². The van der Waals surface area contributed by atoms with E-state index in [-0.39, 0.29) is 30.5 Å². The average molecular weight is 525 g/mol. The van der Waals surface area contributed by atoms with Crippen LogP contribution in [0.5, 0.6) is 11.6 Å². The molecule has 5 rings (SSSR count). The molecule has 1 amide bonds. The van der Waals surface area contributed by atoms with Crippen LogP contribution in [0.1, 0.15) is 19.3 Å². The van der Waals surface area contributed by atoms with E-state index in [4.69, 9.17) is 19.2 Å². The normalized spacial score (nSPS) is 19.2. The van der Waals surface area contributed by atoms with Gasteiger partial charge in [0, 0.05) is 50.5 Å². The zero-order valence-electron chi connectivity index (χ0n) is 22.0. The van der Waals surface area contributed by atoms with Crippen LogP contribution in [-0.2, 0) is 16.3 Å². The lowest BCUT2D eigenvalue weighted by Gasteiger charge is -2.15. The number of aliphatic hydroxyl groups is 1. The van der Waals surface area contributed by atoms with E-state index in [2.05, 4.69) is 29.9 Å². The summed E-state index contributed by atoms with van der Waals surface area (Å²) in [7, 11) is 0.382. The third kappa shape index (κ3) is 5.97. The zero-order chi connectivity index (χ0) is 26.2. The number of nitrogens with one attached hydrogen (secondary N) is 1. The second kappa shape index (κ2) is 10.4. The van der Waals surface area contributed by atoms with Gasteiger partial charge in [0.1, 0.15) is 23.9 Å². The fourth-order valence-corrected chi connectivity index (χ4v) is 5.11. The summed E-state index contributed by atoms with van der Waals surface area (Å²) in [5.41, 5.74) is 2.36. The molecule has 0 aliphatic heterocycles. The summed E-state index contributed by atoms with van der Waals surface area (Å²) in [6.07, 6.45) is 6.70. The number of pyridine rings is 2. The third-order valence-electron chi connectivity index (χ3n) is 6.85. The molecular formula is C27H36N4O5Si. The first-order valence-electron chi connectivity index (χ1n) is 13.0. The molecule has 198 valence electrons. The van der Waals surface area contributed by atoms with Crippen molar-refractivity contribution >= 4 is 30.8 Å². The minimum absolute atomic E-state index is 0.0315. The van der Waals surface area contributed by atoms with Gasteiger partial charge in [-0.05, 0) is 49.4 Å². The van der Waals surface area contributed by atoms with E-state index in [1.165, 1.54) is 0 Å². The van der Waals surface area contributed by atoms with E-state index >= 15 is 0 Å². The summed E-state index contributed by atoms with van der Waals surface area (Å²) in [6, 6.07) is 6.70. The van der Waals surface area contributed by atoms with Crippen LogP contribution in [0.2, 0.25) is 25.7 Å². The van der Waals surface area contributed by atoms with Crippen molar-refractivity contribution in [3.05, 3.63) is 30.6 Å². The summed E-state index contributed by atoms with van der Waals surface area (Å²) in [5.74, 6) is 1.47. The van der Waals surface area contributed by atoms with E-state index in [0.29, 0.717) is 37.1 Å². The third-order valence-corrected chi connectivity index (χ3v) is 8.56. The number of anilines is 1. The number of ether oxygens (including phenoxy) is 3. The van der Waals surface area contributed by atoms with Crippen molar-refractivity contribution in [3.63, 3.8) is 0 Å². The number of hydrogen-bond acceptors (Lipinski definition) is 7. The molecule has 2 saturated carbocycles. The van der Waals surface area contributed by atoms with Gasteiger partial charge >= 0.3 is 0 Å². The Morgan fingerprint density at radius 2 is 2.05 bits per heavy atom. The number of aliphatic hydroxyl groups excluding tert-OH is 1. The molecule has 9 nitrogen and oxygen atoms in total. The summed E-state index contributed by atoms with van der Waals surface area (Å²) in [6.45, 7) is 8.03. The predicted molar refractivity (Wildman–Crippen MR) is 145 cm³/mol. The lowest BCUT2D eigenvalue weighted by Crippen LogP contribution is -2.22.